The summed E-state index contributed by atoms with van der Waals surface area (Å²) in [6.07, 6.45) is 6.01. The largest absolute Gasteiger partial charge is 2.00 e. The maximum absolute atomic E-state index is 9.81. The van der Waals surface area contributed by atoms with E-state index in [1.54, 1.807) is 12.4 Å². The van der Waals surface area contributed by atoms with Crippen LogP contribution in [0.4, 0.5) is 0 Å². The van der Waals surface area contributed by atoms with Crippen LogP contribution in [-0.4, -0.2) is 53.9 Å². The second-order valence-corrected chi connectivity index (χ2v) is 4.45. The topological polar surface area (TPSA) is 125 Å². The summed E-state index contributed by atoms with van der Waals surface area (Å²) in [4.78, 5) is 16.2. The van der Waals surface area contributed by atoms with Crippen LogP contribution in [0.15, 0.2) is 43.8 Å². The molecule has 0 fully saturated rings. The molecular weight excluding hydrogens is 338 g/mol. The van der Waals surface area contributed by atoms with Gasteiger partial charge in [-0.1, -0.05) is 0 Å². The summed E-state index contributed by atoms with van der Waals surface area (Å²) in [7, 11) is 0. The van der Waals surface area contributed by atoms with Crippen LogP contribution in [0.3, 0.4) is 0 Å². The number of nitrogens with one attached hydrogen (secondary N) is 2. The van der Waals surface area contributed by atoms with Crippen molar-refractivity contribution in [2.24, 2.45) is 20.0 Å². The third-order valence-electron chi connectivity index (χ3n) is 2.82. The van der Waals surface area contributed by atoms with Gasteiger partial charge in [-0.2, -0.15) is 0 Å². The number of nitrogens with zero attached hydrogens (tertiary/aromatic N) is 4. The number of hydrogen-bond acceptors (Lipinski definition) is 7. The van der Waals surface area contributed by atoms with Gasteiger partial charge in [-0.15, -0.1) is 0 Å². The van der Waals surface area contributed by atoms with Crippen LogP contribution in [0.5, 0.6) is 0 Å². The van der Waals surface area contributed by atoms with Crippen molar-refractivity contribution in [3.05, 3.63) is 23.8 Å². The van der Waals surface area contributed by atoms with E-state index in [2.05, 4.69) is 30.6 Å². The molecule has 0 spiro atoms. The number of rotatable bonds is 6. The summed E-state index contributed by atoms with van der Waals surface area (Å²) >= 11 is 0. The van der Waals surface area contributed by atoms with Crippen molar-refractivity contribution in [1.82, 2.24) is 10.6 Å². The first-order valence-electron chi connectivity index (χ1n) is 6.36. The van der Waals surface area contributed by atoms with Gasteiger partial charge in [0, 0.05) is 25.5 Å². The summed E-state index contributed by atoms with van der Waals surface area (Å²) in [5.41, 5.74) is 3.31. The number of aliphatic hydroxyl groups is 1. The van der Waals surface area contributed by atoms with E-state index in [1.807, 2.05) is 13.8 Å². The Balaban J connectivity index is 0.00000220. The molecule has 0 bridgehead atoms. The Kier molecular flexibility index (Phi) is 9.32. The first-order valence-corrected chi connectivity index (χ1v) is 6.36. The van der Waals surface area contributed by atoms with Crippen molar-refractivity contribution >= 4 is 24.1 Å². The molecule has 9 heteroatoms. The average molecular weight is 358 g/mol. The van der Waals surface area contributed by atoms with Crippen molar-refractivity contribution in [1.29, 1.82) is 0 Å². The zero-order valence-corrected chi connectivity index (χ0v) is 15.7. The summed E-state index contributed by atoms with van der Waals surface area (Å²) in [6, 6.07) is 0. The molecule has 0 aromatic carbocycles. The molecule has 114 valence electrons. The molecular formula is C13H20N6O2Zn+2. The Morgan fingerprint density at radius 1 is 1.00 bits per heavy atom. The Bertz CT molecular complexity index is 503. The average Bonchev–Trinajstić information content (AvgIpc) is 3.00. The molecule has 0 saturated carbocycles. The third-order valence-corrected chi connectivity index (χ3v) is 2.82. The standard InChI is InChI=1S/C13H18N6O.H2O.Zn/c1-9-12(18-7-16-9)5-14-3-11(20)4-15-6-13-10(2)17-8-19-13;;/h5-8,11,14-15,20H,3-4H2,1-2H3;1H2;/q;;+2. The molecule has 0 aromatic heterocycles. The fourth-order valence-electron chi connectivity index (χ4n) is 1.61. The predicted octanol–water partition coefficient (Wildman–Crippen LogP) is -0.612. The fraction of sp³-hybridized carbons (Fsp3) is 0.385. The van der Waals surface area contributed by atoms with Gasteiger partial charge >= 0.3 is 19.5 Å². The van der Waals surface area contributed by atoms with Crippen molar-refractivity contribution in [2.75, 3.05) is 13.1 Å². The molecule has 2 heterocycles. The Morgan fingerprint density at radius 2 is 1.41 bits per heavy atom. The molecule has 0 saturated heterocycles. The summed E-state index contributed by atoms with van der Waals surface area (Å²) in [6.45, 7) is 4.63. The van der Waals surface area contributed by atoms with Crippen LogP contribution < -0.4 is 10.6 Å². The van der Waals surface area contributed by atoms with Gasteiger partial charge in [0.05, 0.1) is 17.5 Å². The van der Waals surface area contributed by atoms with Crippen molar-refractivity contribution < 1.29 is 30.1 Å². The number of hydrogen-bond donors (Lipinski definition) is 3. The minimum atomic E-state index is -0.519. The summed E-state index contributed by atoms with van der Waals surface area (Å²) in [5, 5.41) is 15.9. The van der Waals surface area contributed by atoms with Gasteiger partial charge in [0.1, 0.15) is 24.1 Å². The maximum Gasteiger partial charge on any atom is 2.00 e. The Morgan fingerprint density at radius 3 is 1.73 bits per heavy atom. The van der Waals surface area contributed by atoms with E-state index in [4.69, 9.17) is 0 Å². The molecule has 2 aliphatic rings. The zero-order chi connectivity index (χ0) is 14.4. The minimum absolute atomic E-state index is 0. The van der Waals surface area contributed by atoms with Crippen LogP contribution in [0.1, 0.15) is 13.8 Å². The number of aliphatic imine (C=N–C) groups is 4. The van der Waals surface area contributed by atoms with Crippen molar-refractivity contribution in [3.63, 3.8) is 0 Å². The first kappa shape index (κ1) is 20.3. The monoisotopic (exact) mass is 356 g/mol. The van der Waals surface area contributed by atoms with Crippen LogP contribution in [-0.2, 0) is 19.5 Å². The molecule has 8 nitrogen and oxygen atoms in total. The van der Waals surface area contributed by atoms with Gasteiger partial charge in [-0.3, -0.25) is 0 Å². The second-order valence-electron chi connectivity index (χ2n) is 4.45. The van der Waals surface area contributed by atoms with E-state index in [0.29, 0.717) is 13.1 Å². The van der Waals surface area contributed by atoms with Crippen LogP contribution in [0, 0.1) is 0 Å². The van der Waals surface area contributed by atoms with Crippen molar-refractivity contribution in [3.8, 4) is 0 Å². The summed E-state index contributed by atoms with van der Waals surface area (Å²) in [5.74, 6) is 0. The predicted molar refractivity (Wildman–Crippen MR) is 85.0 cm³/mol. The Labute approximate surface area is 142 Å². The molecule has 0 aromatic rings. The van der Waals surface area contributed by atoms with Gasteiger partial charge in [0.15, 0.2) is 0 Å². The molecule has 0 aliphatic carbocycles. The van der Waals surface area contributed by atoms with Crippen molar-refractivity contribution in [2.45, 2.75) is 20.0 Å². The van der Waals surface area contributed by atoms with E-state index in [-0.39, 0.29) is 25.0 Å². The number of allylic oxidation sites excluding steroid dienone is 2. The van der Waals surface area contributed by atoms with Gasteiger partial charge in [0.25, 0.3) is 0 Å². The maximum atomic E-state index is 9.81. The van der Waals surface area contributed by atoms with Gasteiger partial charge in [-0.25, -0.2) is 20.0 Å². The first-order chi connectivity index (χ1) is 9.66. The van der Waals surface area contributed by atoms with Crippen LogP contribution in [0.25, 0.3) is 0 Å². The van der Waals surface area contributed by atoms with E-state index in [0.717, 1.165) is 22.8 Å². The molecule has 0 unspecified atom stereocenters. The minimum Gasteiger partial charge on any atom is -0.412 e. The molecule has 2 rings (SSSR count). The number of aliphatic hydroxyl groups excluding tert-OH is 1. The van der Waals surface area contributed by atoms with E-state index in [1.165, 1.54) is 12.7 Å². The SMILES string of the molecule is CC1=NC=NC1=CNCC(O)CNC=C1N=CN=C1C.O.[Zn+2]. The van der Waals surface area contributed by atoms with Gasteiger partial charge in [-0.05, 0) is 13.8 Å². The molecule has 0 amide bonds. The fourth-order valence-corrected chi connectivity index (χ4v) is 1.61. The summed E-state index contributed by atoms with van der Waals surface area (Å²) < 4.78 is 0. The molecule has 2 aliphatic heterocycles. The third kappa shape index (κ3) is 5.97. The molecule has 22 heavy (non-hydrogen) atoms. The smallest absolute Gasteiger partial charge is 0.412 e. The quantitative estimate of drug-likeness (QED) is 0.549. The Hall–Kier alpha value is -1.70. The van der Waals surface area contributed by atoms with E-state index in [9.17, 15) is 5.11 Å². The van der Waals surface area contributed by atoms with Gasteiger partial charge in [0.2, 0.25) is 0 Å². The molecule has 0 atom stereocenters. The van der Waals surface area contributed by atoms with Crippen LogP contribution >= 0.6 is 0 Å². The van der Waals surface area contributed by atoms with Crippen LogP contribution in [0.2, 0.25) is 0 Å². The molecule has 0 radical (unpaired) electrons. The second kappa shape index (κ2) is 10.1. The van der Waals surface area contributed by atoms with E-state index < -0.39 is 6.10 Å². The van der Waals surface area contributed by atoms with Gasteiger partial charge < -0.3 is 21.2 Å². The zero-order valence-electron chi connectivity index (χ0n) is 12.7. The normalized spacial score (nSPS) is 20.3. The molecule has 5 N–H and O–H groups in total. The van der Waals surface area contributed by atoms with E-state index >= 15 is 0 Å².